The molecule has 3 rings (SSSR count). The summed E-state index contributed by atoms with van der Waals surface area (Å²) in [5, 5.41) is 0. The molecule has 1 aromatic carbocycles. The quantitative estimate of drug-likeness (QED) is 0.728. The van der Waals surface area contributed by atoms with Gasteiger partial charge in [0.15, 0.2) is 5.65 Å². The van der Waals surface area contributed by atoms with Crippen molar-refractivity contribution in [1.29, 1.82) is 0 Å². The number of aromatic nitrogens is 3. The Morgan fingerprint density at radius 2 is 1.95 bits per heavy atom. The van der Waals surface area contributed by atoms with Crippen LogP contribution in [0, 0.1) is 19.7 Å². The largest absolute Gasteiger partial charge is 0.369 e. The molecule has 96 valence electrons. The molecule has 2 heterocycles. The van der Waals surface area contributed by atoms with Gasteiger partial charge in [0.05, 0.1) is 5.69 Å². The molecule has 0 bridgehead atoms. The summed E-state index contributed by atoms with van der Waals surface area (Å²) >= 11 is 0. The van der Waals surface area contributed by atoms with Crippen molar-refractivity contribution >= 4 is 17.1 Å². The third-order valence-corrected chi connectivity index (χ3v) is 3.17. The molecule has 0 fully saturated rings. The zero-order chi connectivity index (χ0) is 13.6. The van der Waals surface area contributed by atoms with Crippen molar-refractivity contribution in [2.24, 2.45) is 0 Å². The van der Waals surface area contributed by atoms with E-state index in [9.17, 15) is 4.39 Å². The molecule has 0 radical (unpaired) electrons. The van der Waals surface area contributed by atoms with Crippen LogP contribution in [0.3, 0.4) is 0 Å². The van der Waals surface area contributed by atoms with Gasteiger partial charge in [-0.2, -0.15) is 0 Å². The van der Waals surface area contributed by atoms with E-state index in [0.29, 0.717) is 11.6 Å². The SMILES string of the molecule is Cc1cc(F)ccc1-n1c(N)nc2c(C)ccnc21. The maximum absolute atomic E-state index is 13.2. The van der Waals surface area contributed by atoms with Crippen LogP contribution in [0.1, 0.15) is 11.1 Å². The number of fused-ring (bicyclic) bond motifs is 1. The summed E-state index contributed by atoms with van der Waals surface area (Å²) in [6.45, 7) is 3.79. The topological polar surface area (TPSA) is 56.7 Å². The smallest absolute Gasteiger partial charge is 0.207 e. The van der Waals surface area contributed by atoms with E-state index in [2.05, 4.69) is 9.97 Å². The van der Waals surface area contributed by atoms with Gasteiger partial charge >= 0.3 is 0 Å². The fourth-order valence-corrected chi connectivity index (χ4v) is 2.22. The number of pyridine rings is 1. The van der Waals surface area contributed by atoms with Gasteiger partial charge in [-0.1, -0.05) is 0 Å². The lowest BCUT2D eigenvalue weighted by molar-refractivity contribution is 0.626. The van der Waals surface area contributed by atoms with Crippen molar-refractivity contribution in [3.8, 4) is 5.69 Å². The highest BCUT2D eigenvalue weighted by atomic mass is 19.1. The Bertz CT molecular complexity index is 776. The van der Waals surface area contributed by atoms with Crippen LogP contribution in [-0.2, 0) is 0 Å². The van der Waals surface area contributed by atoms with Gasteiger partial charge < -0.3 is 5.73 Å². The predicted octanol–water partition coefficient (Wildman–Crippen LogP) is 2.76. The molecule has 0 aliphatic carbocycles. The monoisotopic (exact) mass is 256 g/mol. The van der Waals surface area contributed by atoms with E-state index < -0.39 is 0 Å². The molecular formula is C14H13FN4. The Hall–Kier alpha value is -2.43. The van der Waals surface area contributed by atoms with E-state index in [-0.39, 0.29) is 5.82 Å². The van der Waals surface area contributed by atoms with E-state index in [1.165, 1.54) is 12.1 Å². The second-order valence-corrected chi connectivity index (χ2v) is 4.54. The Morgan fingerprint density at radius 1 is 1.16 bits per heavy atom. The van der Waals surface area contributed by atoms with Crippen molar-refractivity contribution in [2.45, 2.75) is 13.8 Å². The highest BCUT2D eigenvalue weighted by Crippen LogP contribution is 2.25. The van der Waals surface area contributed by atoms with Gasteiger partial charge in [-0.15, -0.1) is 0 Å². The maximum Gasteiger partial charge on any atom is 0.207 e. The lowest BCUT2D eigenvalue weighted by Gasteiger charge is -2.09. The second kappa shape index (κ2) is 4.05. The van der Waals surface area contributed by atoms with Crippen molar-refractivity contribution in [2.75, 3.05) is 5.73 Å². The van der Waals surface area contributed by atoms with Crippen LogP contribution in [0.15, 0.2) is 30.5 Å². The molecular weight excluding hydrogens is 243 g/mol. The van der Waals surface area contributed by atoms with Crippen LogP contribution in [0.4, 0.5) is 10.3 Å². The number of hydrogen-bond donors (Lipinski definition) is 1. The molecule has 0 unspecified atom stereocenters. The van der Waals surface area contributed by atoms with Crippen molar-refractivity contribution in [1.82, 2.24) is 14.5 Å². The summed E-state index contributed by atoms with van der Waals surface area (Å²) in [5.74, 6) is 0.0832. The minimum Gasteiger partial charge on any atom is -0.369 e. The van der Waals surface area contributed by atoms with E-state index in [1.807, 2.05) is 19.9 Å². The number of nitrogens with two attached hydrogens (primary N) is 1. The van der Waals surface area contributed by atoms with Gasteiger partial charge in [0.1, 0.15) is 11.3 Å². The first-order chi connectivity index (χ1) is 9.08. The fourth-order valence-electron chi connectivity index (χ4n) is 2.22. The highest BCUT2D eigenvalue weighted by molar-refractivity contribution is 5.80. The summed E-state index contributed by atoms with van der Waals surface area (Å²) in [7, 11) is 0. The second-order valence-electron chi connectivity index (χ2n) is 4.54. The number of nitrogen functional groups attached to an aromatic ring is 1. The van der Waals surface area contributed by atoms with Crippen LogP contribution < -0.4 is 5.73 Å². The molecule has 0 saturated heterocycles. The molecule has 2 aromatic heterocycles. The van der Waals surface area contributed by atoms with Gasteiger partial charge in [-0.25, -0.2) is 14.4 Å². The number of anilines is 1. The molecule has 5 heteroatoms. The first-order valence-electron chi connectivity index (χ1n) is 5.94. The van der Waals surface area contributed by atoms with Gasteiger partial charge in [-0.05, 0) is 49.2 Å². The normalized spacial score (nSPS) is 11.1. The van der Waals surface area contributed by atoms with Crippen LogP contribution in [-0.4, -0.2) is 14.5 Å². The van der Waals surface area contributed by atoms with Gasteiger partial charge in [0.2, 0.25) is 5.95 Å². The maximum atomic E-state index is 13.2. The highest BCUT2D eigenvalue weighted by Gasteiger charge is 2.14. The first kappa shape index (κ1) is 11.6. The third-order valence-electron chi connectivity index (χ3n) is 3.17. The number of imidazole rings is 1. The molecule has 0 saturated carbocycles. The van der Waals surface area contributed by atoms with Crippen LogP contribution in [0.25, 0.3) is 16.9 Å². The number of halogens is 1. The third kappa shape index (κ3) is 1.74. The Labute approximate surface area is 109 Å². The van der Waals surface area contributed by atoms with Crippen LogP contribution in [0.2, 0.25) is 0 Å². The summed E-state index contributed by atoms with van der Waals surface area (Å²) in [5.41, 5.74) is 10.0. The molecule has 4 nitrogen and oxygen atoms in total. The molecule has 2 N–H and O–H groups in total. The van der Waals surface area contributed by atoms with E-state index in [1.54, 1.807) is 16.8 Å². The van der Waals surface area contributed by atoms with Crippen molar-refractivity contribution in [3.05, 3.63) is 47.4 Å². The number of aryl methyl sites for hydroxylation is 2. The summed E-state index contributed by atoms with van der Waals surface area (Å²) in [6, 6.07) is 6.45. The minimum atomic E-state index is -0.270. The van der Waals surface area contributed by atoms with Crippen LogP contribution in [0.5, 0.6) is 0 Å². The molecule has 0 aliphatic rings. The van der Waals surface area contributed by atoms with Crippen molar-refractivity contribution < 1.29 is 4.39 Å². The average molecular weight is 256 g/mol. The van der Waals surface area contributed by atoms with E-state index >= 15 is 0 Å². The average Bonchev–Trinajstić information content (AvgIpc) is 2.68. The molecule has 3 aromatic rings. The predicted molar refractivity (Wildman–Crippen MR) is 72.7 cm³/mol. The number of benzene rings is 1. The molecule has 0 amide bonds. The minimum absolute atomic E-state index is 0.270. The number of rotatable bonds is 1. The van der Waals surface area contributed by atoms with Crippen LogP contribution >= 0.6 is 0 Å². The molecule has 0 atom stereocenters. The summed E-state index contributed by atoms with van der Waals surface area (Å²) in [6.07, 6.45) is 1.72. The zero-order valence-electron chi connectivity index (χ0n) is 10.7. The van der Waals surface area contributed by atoms with E-state index in [0.717, 1.165) is 22.3 Å². The Balaban J connectivity index is 2.36. The Morgan fingerprint density at radius 3 is 2.68 bits per heavy atom. The van der Waals surface area contributed by atoms with Gasteiger partial charge in [0, 0.05) is 6.20 Å². The molecule has 19 heavy (non-hydrogen) atoms. The van der Waals surface area contributed by atoms with Gasteiger partial charge in [0.25, 0.3) is 0 Å². The fraction of sp³-hybridized carbons (Fsp3) is 0.143. The standard InChI is InChI=1S/C14H13FN4/c1-8-5-6-17-13-12(8)18-14(16)19(13)11-4-3-10(15)7-9(11)2/h3-7H,1-2H3,(H2,16,18). The zero-order valence-corrected chi connectivity index (χ0v) is 10.7. The summed E-state index contributed by atoms with van der Waals surface area (Å²) < 4.78 is 14.9. The van der Waals surface area contributed by atoms with Crippen molar-refractivity contribution in [3.63, 3.8) is 0 Å². The summed E-state index contributed by atoms with van der Waals surface area (Å²) in [4.78, 5) is 8.67. The molecule has 0 aliphatic heterocycles. The number of nitrogens with zero attached hydrogens (tertiary/aromatic N) is 3. The lowest BCUT2D eigenvalue weighted by Crippen LogP contribution is -2.03. The van der Waals surface area contributed by atoms with E-state index in [4.69, 9.17) is 5.73 Å². The number of hydrogen-bond acceptors (Lipinski definition) is 3. The van der Waals surface area contributed by atoms with Gasteiger partial charge in [-0.3, -0.25) is 4.57 Å². The first-order valence-corrected chi connectivity index (χ1v) is 5.94. The Kier molecular flexibility index (Phi) is 2.48. The lowest BCUT2D eigenvalue weighted by atomic mass is 10.2. The molecule has 0 spiro atoms.